The smallest absolute Gasteiger partial charge is 0.0934 e. The van der Waals surface area contributed by atoms with Crippen LogP contribution < -0.4 is 5.32 Å². The van der Waals surface area contributed by atoms with E-state index in [-0.39, 0.29) is 5.54 Å². The van der Waals surface area contributed by atoms with Crippen molar-refractivity contribution in [3.63, 3.8) is 0 Å². The van der Waals surface area contributed by atoms with Gasteiger partial charge in [0.15, 0.2) is 0 Å². The Morgan fingerprint density at radius 1 is 0.840 bits per heavy atom. The van der Waals surface area contributed by atoms with Gasteiger partial charge < -0.3 is 10.1 Å². The van der Waals surface area contributed by atoms with E-state index in [0.717, 1.165) is 13.2 Å². The number of rotatable bonds is 18. The molecule has 0 aromatic heterocycles. The average molecular weight is 352 g/mol. The molecule has 0 saturated carbocycles. The topological polar surface area (TPSA) is 24.6 Å². The third-order valence-corrected chi connectivity index (χ3v) is 5.27. The molecule has 0 radical (unpaired) electrons. The molecule has 0 bridgehead atoms. The lowest BCUT2D eigenvalue weighted by Crippen LogP contribution is -2.41. The first-order valence-electron chi connectivity index (χ1n) is 11.2. The predicted octanol–water partition coefficient (Wildman–Crippen LogP) is 6.79. The molecule has 1 N–H and O–H groups in total. The molecule has 1 atom stereocenters. The van der Waals surface area contributed by atoms with Crippen LogP contribution in [0.3, 0.4) is 0 Å². The number of allylic oxidation sites excluding steroid dienone is 2. The lowest BCUT2D eigenvalue weighted by Gasteiger charge is -2.26. The number of epoxide rings is 1. The highest BCUT2D eigenvalue weighted by Crippen LogP contribution is 2.17. The first kappa shape index (κ1) is 22.7. The van der Waals surface area contributed by atoms with Gasteiger partial charge in [0, 0.05) is 12.1 Å². The molecule has 0 aromatic rings. The van der Waals surface area contributed by atoms with Gasteiger partial charge in [0.05, 0.1) is 12.7 Å². The highest BCUT2D eigenvalue weighted by atomic mass is 16.6. The summed E-state index contributed by atoms with van der Waals surface area (Å²) in [6.45, 7) is 8.91. The normalized spacial score (nSPS) is 17.5. The molecule has 1 rings (SSSR count). The Kier molecular flexibility index (Phi) is 13.4. The van der Waals surface area contributed by atoms with Crippen LogP contribution in [0.25, 0.3) is 0 Å². The van der Waals surface area contributed by atoms with Gasteiger partial charge >= 0.3 is 0 Å². The minimum Gasteiger partial charge on any atom is -0.372 e. The molecule has 2 heteroatoms. The largest absolute Gasteiger partial charge is 0.372 e. The van der Waals surface area contributed by atoms with E-state index in [1.54, 1.807) is 0 Å². The standard InChI is InChI=1S/C23H45NO/c1-4-5-6-7-8-9-10-11-12-13-14-15-16-17-18-19-23(2,3)24-20-22-21-25-22/h11-12,22,24H,4-10,13-21H2,1-3H3/b12-11-. The van der Waals surface area contributed by atoms with Gasteiger partial charge in [-0.1, -0.05) is 76.9 Å². The summed E-state index contributed by atoms with van der Waals surface area (Å²) in [5.74, 6) is 0. The molecule has 0 amide bonds. The Hall–Kier alpha value is -0.340. The lowest BCUT2D eigenvalue weighted by molar-refractivity contribution is 0.317. The Morgan fingerprint density at radius 2 is 1.36 bits per heavy atom. The summed E-state index contributed by atoms with van der Waals surface area (Å²) in [5.41, 5.74) is 0.269. The molecule has 1 aliphatic rings. The Labute approximate surface area is 158 Å². The van der Waals surface area contributed by atoms with Crippen LogP contribution in [0.5, 0.6) is 0 Å². The second-order valence-electron chi connectivity index (χ2n) is 8.55. The third-order valence-electron chi connectivity index (χ3n) is 5.27. The summed E-state index contributed by atoms with van der Waals surface area (Å²) < 4.78 is 5.27. The van der Waals surface area contributed by atoms with Gasteiger partial charge in [-0.3, -0.25) is 0 Å². The number of unbranched alkanes of at least 4 members (excludes halogenated alkanes) is 11. The van der Waals surface area contributed by atoms with Crippen LogP contribution in [-0.4, -0.2) is 24.8 Å². The summed E-state index contributed by atoms with van der Waals surface area (Å²) >= 11 is 0. The second-order valence-corrected chi connectivity index (χ2v) is 8.55. The van der Waals surface area contributed by atoms with E-state index in [1.165, 1.54) is 89.9 Å². The molecule has 1 heterocycles. The molecule has 148 valence electrons. The molecule has 0 aromatic carbocycles. The van der Waals surface area contributed by atoms with Crippen molar-refractivity contribution in [2.24, 2.45) is 0 Å². The van der Waals surface area contributed by atoms with Crippen LogP contribution in [0.15, 0.2) is 12.2 Å². The lowest BCUT2D eigenvalue weighted by atomic mass is 9.96. The molecule has 0 spiro atoms. The van der Waals surface area contributed by atoms with Crippen LogP contribution in [0.1, 0.15) is 111 Å². The van der Waals surface area contributed by atoms with E-state index in [1.807, 2.05) is 0 Å². The van der Waals surface area contributed by atoms with Crippen LogP contribution in [-0.2, 0) is 4.74 Å². The van der Waals surface area contributed by atoms with Crippen molar-refractivity contribution >= 4 is 0 Å². The number of ether oxygens (including phenoxy) is 1. The molecule has 1 saturated heterocycles. The quantitative estimate of drug-likeness (QED) is 0.167. The molecule has 1 unspecified atom stereocenters. The van der Waals surface area contributed by atoms with E-state index in [9.17, 15) is 0 Å². The highest BCUT2D eigenvalue weighted by molar-refractivity contribution is 4.82. The molecule has 25 heavy (non-hydrogen) atoms. The third kappa shape index (κ3) is 15.6. The monoisotopic (exact) mass is 351 g/mol. The second kappa shape index (κ2) is 14.8. The SMILES string of the molecule is CCCCCCCC/C=C\CCCCCCCC(C)(C)NCC1CO1. The van der Waals surface area contributed by atoms with Crippen molar-refractivity contribution in [2.45, 2.75) is 122 Å². The number of nitrogens with one attached hydrogen (secondary N) is 1. The number of hydrogen-bond donors (Lipinski definition) is 1. The first-order valence-corrected chi connectivity index (χ1v) is 11.2. The van der Waals surface area contributed by atoms with Gasteiger partial charge in [-0.2, -0.15) is 0 Å². The van der Waals surface area contributed by atoms with Gasteiger partial charge in [0.1, 0.15) is 0 Å². The minimum absolute atomic E-state index is 0.269. The van der Waals surface area contributed by atoms with E-state index >= 15 is 0 Å². The molecule has 0 aliphatic carbocycles. The summed E-state index contributed by atoms with van der Waals surface area (Å²) in [5, 5.41) is 3.64. The van der Waals surface area contributed by atoms with Crippen molar-refractivity contribution in [1.29, 1.82) is 0 Å². The summed E-state index contributed by atoms with van der Waals surface area (Å²) in [4.78, 5) is 0. The molecule has 1 fully saturated rings. The van der Waals surface area contributed by atoms with Crippen molar-refractivity contribution in [1.82, 2.24) is 5.32 Å². The van der Waals surface area contributed by atoms with Crippen LogP contribution in [0, 0.1) is 0 Å². The zero-order chi connectivity index (χ0) is 18.2. The average Bonchev–Trinajstić information content (AvgIpc) is 3.41. The van der Waals surface area contributed by atoms with E-state index in [0.29, 0.717) is 6.10 Å². The molecular formula is C23H45NO. The van der Waals surface area contributed by atoms with Crippen molar-refractivity contribution < 1.29 is 4.74 Å². The van der Waals surface area contributed by atoms with E-state index < -0.39 is 0 Å². The summed E-state index contributed by atoms with van der Waals surface area (Å²) in [7, 11) is 0. The van der Waals surface area contributed by atoms with Crippen molar-refractivity contribution in [3.05, 3.63) is 12.2 Å². The van der Waals surface area contributed by atoms with Gasteiger partial charge in [0.2, 0.25) is 0 Å². The fourth-order valence-electron chi connectivity index (χ4n) is 3.30. The van der Waals surface area contributed by atoms with Gasteiger partial charge in [0.25, 0.3) is 0 Å². The van der Waals surface area contributed by atoms with E-state index in [2.05, 4.69) is 38.2 Å². The Morgan fingerprint density at radius 3 is 1.92 bits per heavy atom. The van der Waals surface area contributed by atoms with Crippen molar-refractivity contribution in [2.75, 3.05) is 13.2 Å². The van der Waals surface area contributed by atoms with Gasteiger partial charge in [-0.05, 0) is 46.0 Å². The van der Waals surface area contributed by atoms with Crippen molar-refractivity contribution in [3.8, 4) is 0 Å². The van der Waals surface area contributed by atoms with E-state index in [4.69, 9.17) is 4.74 Å². The fraction of sp³-hybridized carbons (Fsp3) is 0.913. The maximum Gasteiger partial charge on any atom is 0.0934 e. The fourth-order valence-corrected chi connectivity index (χ4v) is 3.30. The van der Waals surface area contributed by atoms with Crippen LogP contribution in [0.2, 0.25) is 0 Å². The maximum absolute atomic E-state index is 5.27. The van der Waals surface area contributed by atoms with Crippen LogP contribution >= 0.6 is 0 Å². The summed E-state index contributed by atoms with van der Waals surface area (Å²) in [6, 6.07) is 0. The predicted molar refractivity (Wildman–Crippen MR) is 111 cm³/mol. The minimum atomic E-state index is 0.269. The van der Waals surface area contributed by atoms with Crippen LogP contribution in [0.4, 0.5) is 0 Å². The highest BCUT2D eigenvalue weighted by Gasteiger charge is 2.25. The van der Waals surface area contributed by atoms with Gasteiger partial charge in [-0.25, -0.2) is 0 Å². The summed E-state index contributed by atoms with van der Waals surface area (Å²) in [6.07, 6.45) is 24.5. The Bertz CT molecular complexity index is 320. The zero-order valence-electron chi connectivity index (χ0n) is 17.5. The van der Waals surface area contributed by atoms with Gasteiger partial charge in [-0.15, -0.1) is 0 Å². The molecule has 1 aliphatic heterocycles. The Balaban J connectivity index is 1.78. The number of hydrogen-bond acceptors (Lipinski definition) is 2. The zero-order valence-corrected chi connectivity index (χ0v) is 17.5. The first-order chi connectivity index (χ1) is 12.1. The molecular weight excluding hydrogens is 306 g/mol. The molecule has 2 nitrogen and oxygen atoms in total. The maximum atomic E-state index is 5.27.